The quantitative estimate of drug-likeness (QED) is 0.337. The number of hydrogen-bond acceptors (Lipinski definition) is 5. The van der Waals surface area contributed by atoms with E-state index in [0.717, 1.165) is 17.0 Å². The van der Waals surface area contributed by atoms with Gasteiger partial charge in [0.1, 0.15) is 0 Å². The van der Waals surface area contributed by atoms with Gasteiger partial charge in [-0.15, -0.1) is 5.10 Å². The molecule has 0 unspecified atom stereocenters. The zero-order valence-corrected chi connectivity index (χ0v) is 20.9. The molecule has 35 heavy (non-hydrogen) atoms. The van der Waals surface area contributed by atoms with Crippen LogP contribution in [-0.2, 0) is 10.5 Å². The number of para-hydroxylation sites is 1. The minimum atomic E-state index is -0.373. The summed E-state index contributed by atoms with van der Waals surface area (Å²) < 4.78 is 1.89. The number of anilines is 2. The fraction of sp³-hybridized carbons (Fsp3) is 0.250. The monoisotopic (exact) mass is 483 g/mol. The fourth-order valence-electron chi connectivity index (χ4n) is 4.56. The van der Waals surface area contributed by atoms with E-state index in [1.165, 1.54) is 16.7 Å². The Bertz CT molecular complexity index is 1320. The highest BCUT2D eigenvalue weighted by molar-refractivity contribution is 7.98. The molecule has 3 aromatic carbocycles. The number of aromatic nitrogens is 3. The van der Waals surface area contributed by atoms with E-state index < -0.39 is 0 Å². The minimum absolute atomic E-state index is 0.0445. The molecule has 0 bridgehead atoms. The Morgan fingerprint density at radius 2 is 1.77 bits per heavy atom. The lowest BCUT2D eigenvalue weighted by molar-refractivity contribution is -0.121. The molecule has 178 valence electrons. The van der Waals surface area contributed by atoms with Crippen LogP contribution in [0.3, 0.4) is 0 Å². The average molecular weight is 484 g/mol. The van der Waals surface area contributed by atoms with Crippen LogP contribution in [0, 0.1) is 19.8 Å². The Morgan fingerprint density at radius 3 is 2.51 bits per heavy atom. The van der Waals surface area contributed by atoms with Crippen LogP contribution in [0.5, 0.6) is 0 Å². The summed E-state index contributed by atoms with van der Waals surface area (Å²) in [7, 11) is 0. The second-order valence-corrected chi connectivity index (χ2v) is 10.1. The highest BCUT2D eigenvalue weighted by atomic mass is 32.2. The molecular formula is C28H29N5OS. The van der Waals surface area contributed by atoms with Gasteiger partial charge in [-0.2, -0.15) is 4.98 Å². The minimum Gasteiger partial charge on any atom is -0.351 e. The van der Waals surface area contributed by atoms with Crippen molar-refractivity contribution in [3.05, 3.63) is 101 Å². The summed E-state index contributed by atoms with van der Waals surface area (Å²) in [6.07, 6.45) is 0. The van der Waals surface area contributed by atoms with Crippen molar-refractivity contribution in [2.24, 2.45) is 5.92 Å². The smallest absolute Gasteiger partial charge is 0.232 e. The Hall–Kier alpha value is -3.58. The molecular weight excluding hydrogens is 454 g/mol. The third-order valence-corrected chi connectivity index (χ3v) is 7.23. The maximum absolute atomic E-state index is 13.6. The molecule has 1 aromatic heterocycles. The molecule has 0 spiro atoms. The molecule has 0 fully saturated rings. The molecule has 1 amide bonds. The van der Waals surface area contributed by atoms with Crippen molar-refractivity contribution in [3.63, 3.8) is 0 Å². The number of carbonyl (C=O) groups excluding carboxylic acids is 1. The van der Waals surface area contributed by atoms with E-state index in [0.29, 0.717) is 11.1 Å². The summed E-state index contributed by atoms with van der Waals surface area (Å²) in [5.41, 5.74) is 5.47. The molecule has 4 aromatic rings. The van der Waals surface area contributed by atoms with Gasteiger partial charge in [0.25, 0.3) is 0 Å². The molecule has 6 nitrogen and oxygen atoms in total. The molecule has 0 radical (unpaired) electrons. The molecule has 2 heterocycles. The number of nitrogens with zero attached hydrogens (tertiary/aromatic N) is 3. The lowest BCUT2D eigenvalue weighted by Gasteiger charge is -2.36. The average Bonchev–Trinajstić information content (AvgIpc) is 3.25. The topological polar surface area (TPSA) is 71.8 Å². The third kappa shape index (κ3) is 5.10. The number of nitrogens with one attached hydrogen (secondary N) is 2. The molecule has 0 aliphatic carbocycles. The summed E-state index contributed by atoms with van der Waals surface area (Å²) in [5.74, 6) is 1.06. The van der Waals surface area contributed by atoms with Crippen LogP contribution in [-0.4, -0.2) is 26.7 Å². The first kappa shape index (κ1) is 23.2. The third-order valence-electron chi connectivity index (χ3n) is 6.32. The van der Waals surface area contributed by atoms with Gasteiger partial charge >= 0.3 is 0 Å². The second-order valence-electron chi connectivity index (χ2n) is 9.11. The van der Waals surface area contributed by atoms with Crippen molar-refractivity contribution in [3.8, 4) is 0 Å². The van der Waals surface area contributed by atoms with E-state index in [1.807, 2.05) is 41.9 Å². The van der Waals surface area contributed by atoms with Gasteiger partial charge in [0.15, 0.2) is 0 Å². The van der Waals surface area contributed by atoms with Crippen molar-refractivity contribution in [2.45, 2.75) is 43.8 Å². The van der Waals surface area contributed by atoms with Gasteiger partial charge in [-0.1, -0.05) is 89.6 Å². The number of fused-ring (bicyclic) bond motifs is 1. The van der Waals surface area contributed by atoms with E-state index in [9.17, 15) is 4.79 Å². The maximum atomic E-state index is 13.6. The van der Waals surface area contributed by atoms with E-state index in [2.05, 4.69) is 73.0 Å². The summed E-state index contributed by atoms with van der Waals surface area (Å²) in [4.78, 5) is 18.4. The van der Waals surface area contributed by atoms with E-state index in [4.69, 9.17) is 10.1 Å². The van der Waals surface area contributed by atoms with Gasteiger partial charge in [-0.05, 0) is 44.0 Å². The van der Waals surface area contributed by atoms with Gasteiger partial charge in [-0.25, -0.2) is 4.68 Å². The number of benzene rings is 3. The Balaban J connectivity index is 1.47. The summed E-state index contributed by atoms with van der Waals surface area (Å²) in [6.45, 7) is 6.20. The van der Waals surface area contributed by atoms with Gasteiger partial charge in [0, 0.05) is 17.5 Å². The van der Waals surface area contributed by atoms with Gasteiger partial charge in [0.2, 0.25) is 17.0 Å². The van der Waals surface area contributed by atoms with Crippen LogP contribution in [0.1, 0.15) is 35.2 Å². The second kappa shape index (κ2) is 9.96. The number of rotatable bonds is 6. The molecule has 7 heteroatoms. The lowest BCUT2D eigenvalue weighted by atomic mass is 9.85. The standard InChI is InChI=1S/C28H29N5OS/c1-18-12-14-22(15-13-18)25-24(26(34)30-23-10-5-4-6-11-23)20(3)29-27-31-28(32-33(25)27)35-17-21-9-7-8-19(2)16-21/h4-16,20,24-25H,17H2,1-3H3,(H,30,34)(H,29,31,32)/t20-,24+,25-/m1/s1. The molecule has 5 rings (SSSR count). The molecule has 1 aliphatic heterocycles. The van der Waals surface area contributed by atoms with Crippen molar-refractivity contribution in [1.82, 2.24) is 14.8 Å². The maximum Gasteiger partial charge on any atom is 0.232 e. The predicted molar refractivity (Wildman–Crippen MR) is 142 cm³/mol. The highest BCUT2D eigenvalue weighted by Gasteiger charge is 2.42. The van der Waals surface area contributed by atoms with Gasteiger partial charge < -0.3 is 10.6 Å². The predicted octanol–water partition coefficient (Wildman–Crippen LogP) is 5.85. The largest absolute Gasteiger partial charge is 0.351 e. The highest BCUT2D eigenvalue weighted by Crippen LogP contribution is 2.38. The molecule has 2 N–H and O–H groups in total. The van der Waals surface area contributed by atoms with Crippen molar-refractivity contribution < 1.29 is 4.79 Å². The first-order valence-electron chi connectivity index (χ1n) is 11.8. The van der Waals surface area contributed by atoms with E-state index in [-0.39, 0.29) is 23.9 Å². The fourth-order valence-corrected chi connectivity index (χ4v) is 5.33. The Labute approximate surface area is 210 Å². The Kier molecular flexibility index (Phi) is 6.59. The van der Waals surface area contributed by atoms with Crippen molar-refractivity contribution in [1.29, 1.82) is 0 Å². The van der Waals surface area contributed by atoms with Crippen LogP contribution in [0.15, 0.2) is 84.0 Å². The zero-order valence-electron chi connectivity index (χ0n) is 20.1. The zero-order chi connectivity index (χ0) is 24.4. The number of carbonyl (C=O) groups is 1. The van der Waals surface area contributed by atoms with Crippen LogP contribution >= 0.6 is 11.8 Å². The number of aryl methyl sites for hydroxylation is 2. The van der Waals surface area contributed by atoms with Crippen LogP contribution in [0.25, 0.3) is 0 Å². The van der Waals surface area contributed by atoms with E-state index >= 15 is 0 Å². The Morgan fingerprint density at radius 1 is 1.00 bits per heavy atom. The molecule has 0 saturated carbocycles. The summed E-state index contributed by atoms with van der Waals surface area (Å²) in [5, 5.41) is 12.1. The number of thioether (sulfide) groups is 1. The van der Waals surface area contributed by atoms with Crippen LogP contribution in [0.2, 0.25) is 0 Å². The first-order chi connectivity index (χ1) is 17.0. The van der Waals surface area contributed by atoms with E-state index in [1.54, 1.807) is 11.8 Å². The summed E-state index contributed by atoms with van der Waals surface area (Å²) in [6, 6.07) is 26.0. The normalized spacial score (nSPS) is 19.0. The first-order valence-corrected chi connectivity index (χ1v) is 12.8. The number of hydrogen-bond donors (Lipinski definition) is 2. The van der Waals surface area contributed by atoms with Gasteiger partial charge in [-0.3, -0.25) is 4.79 Å². The molecule has 3 atom stereocenters. The molecule has 1 aliphatic rings. The van der Waals surface area contributed by atoms with Crippen LogP contribution in [0.4, 0.5) is 11.6 Å². The van der Waals surface area contributed by atoms with Crippen LogP contribution < -0.4 is 10.6 Å². The molecule has 0 saturated heterocycles. The van der Waals surface area contributed by atoms with Gasteiger partial charge in [0.05, 0.1) is 12.0 Å². The van der Waals surface area contributed by atoms with Crippen molar-refractivity contribution in [2.75, 3.05) is 10.6 Å². The lowest BCUT2D eigenvalue weighted by Crippen LogP contribution is -2.46. The summed E-state index contributed by atoms with van der Waals surface area (Å²) >= 11 is 1.61. The van der Waals surface area contributed by atoms with Crippen molar-refractivity contribution >= 4 is 29.3 Å². The SMILES string of the molecule is Cc1ccc([C@@H]2[C@@H](C(=O)Nc3ccccc3)[C@@H](C)Nc3nc(SCc4cccc(C)c4)nn32)cc1. The number of amides is 1.